The molecule has 0 radical (unpaired) electrons. The minimum Gasteiger partial charge on any atom is -0.454 e. The van der Waals surface area contributed by atoms with Crippen molar-refractivity contribution in [3.63, 3.8) is 0 Å². The molecule has 2 N–H and O–H groups in total. The van der Waals surface area contributed by atoms with Gasteiger partial charge in [-0.25, -0.2) is 8.42 Å². The third-order valence-electron chi connectivity index (χ3n) is 4.83. The predicted octanol–water partition coefficient (Wildman–Crippen LogP) is 2.25. The number of nitrogens with zero attached hydrogens (tertiary/aromatic N) is 1. The van der Waals surface area contributed by atoms with Crippen LogP contribution in [-0.2, 0) is 24.3 Å². The van der Waals surface area contributed by atoms with Crippen molar-refractivity contribution >= 4 is 33.5 Å². The van der Waals surface area contributed by atoms with Gasteiger partial charge in [-0.1, -0.05) is 37.6 Å². The van der Waals surface area contributed by atoms with E-state index in [1.54, 1.807) is 51.1 Å². The molecule has 0 heterocycles. The van der Waals surface area contributed by atoms with Crippen molar-refractivity contribution in [2.45, 2.75) is 32.6 Å². The summed E-state index contributed by atoms with van der Waals surface area (Å²) in [4.78, 5) is 36.2. The number of ether oxygens (including phenoxy) is 1. The van der Waals surface area contributed by atoms with E-state index in [0.29, 0.717) is 24.2 Å². The Bertz CT molecular complexity index is 1130. The standard InChI is InChI=1S/C23H29N3O6S/c1-5-26(6-2)33(30,31)20-13-19(11-10-17(20)4)25-21(27)15-32-22(28)14-24-23(29)18-9-7-8-16(3)12-18/h7-13H,5-6,14-15H2,1-4H3,(H,24,29)(H,25,27). The summed E-state index contributed by atoms with van der Waals surface area (Å²) in [7, 11) is -3.70. The second kappa shape index (κ2) is 11.6. The molecule has 0 aliphatic heterocycles. The highest BCUT2D eigenvalue weighted by Gasteiger charge is 2.24. The smallest absolute Gasteiger partial charge is 0.325 e. The molecule has 2 aromatic rings. The lowest BCUT2D eigenvalue weighted by Crippen LogP contribution is -2.32. The molecule has 9 nitrogen and oxygen atoms in total. The maximum atomic E-state index is 12.8. The molecule has 33 heavy (non-hydrogen) atoms. The number of carbonyl (C=O) groups is 3. The molecular weight excluding hydrogens is 446 g/mol. The fraction of sp³-hybridized carbons (Fsp3) is 0.348. The van der Waals surface area contributed by atoms with Crippen LogP contribution in [0.25, 0.3) is 0 Å². The van der Waals surface area contributed by atoms with Gasteiger partial charge in [0.2, 0.25) is 10.0 Å². The molecule has 178 valence electrons. The molecule has 0 unspecified atom stereocenters. The molecule has 0 aliphatic carbocycles. The van der Waals surface area contributed by atoms with Crippen molar-refractivity contribution in [3.8, 4) is 0 Å². The number of carbonyl (C=O) groups excluding carboxylic acids is 3. The number of aryl methyl sites for hydroxylation is 2. The van der Waals surface area contributed by atoms with Gasteiger partial charge in [-0.3, -0.25) is 14.4 Å². The van der Waals surface area contributed by atoms with Crippen molar-refractivity contribution in [2.24, 2.45) is 0 Å². The first-order valence-corrected chi connectivity index (χ1v) is 11.9. The largest absolute Gasteiger partial charge is 0.454 e. The van der Waals surface area contributed by atoms with Crippen LogP contribution in [0.5, 0.6) is 0 Å². The minimum atomic E-state index is -3.70. The van der Waals surface area contributed by atoms with E-state index in [4.69, 9.17) is 4.74 Å². The van der Waals surface area contributed by atoms with E-state index in [1.165, 1.54) is 10.4 Å². The molecule has 0 aliphatic rings. The van der Waals surface area contributed by atoms with Gasteiger partial charge in [0, 0.05) is 24.3 Å². The molecule has 0 saturated heterocycles. The number of esters is 1. The Labute approximate surface area is 194 Å². The number of nitrogens with one attached hydrogen (secondary N) is 2. The monoisotopic (exact) mass is 475 g/mol. The fourth-order valence-corrected chi connectivity index (χ4v) is 4.80. The minimum absolute atomic E-state index is 0.0971. The Kier molecular flexibility index (Phi) is 9.12. The van der Waals surface area contributed by atoms with Gasteiger partial charge in [0.05, 0.1) is 4.90 Å². The highest BCUT2D eigenvalue weighted by molar-refractivity contribution is 7.89. The van der Waals surface area contributed by atoms with Gasteiger partial charge in [-0.2, -0.15) is 4.31 Å². The number of rotatable bonds is 10. The SMILES string of the molecule is CCN(CC)S(=O)(=O)c1cc(NC(=O)COC(=O)CNC(=O)c2cccc(C)c2)ccc1C. The number of hydrogen-bond acceptors (Lipinski definition) is 6. The zero-order valence-electron chi connectivity index (χ0n) is 19.2. The van der Waals surface area contributed by atoms with Crippen LogP contribution >= 0.6 is 0 Å². The Morgan fingerprint density at radius 1 is 1.00 bits per heavy atom. The second-order valence-corrected chi connectivity index (χ2v) is 9.24. The number of benzene rings is 2. The number of sulfonamides is 1. The maximum Gasteiger partial charge on any atom is 0.325 e. The van der Waals surface area contributed by atoms with Gasteiger partial charge in [-0.15, -0.1) is 0 Å². The summed E-state index contributed by atoms with van der Waals surface area (Å²) in [5, 5.41) is 4.96. The highest BCUT2D eigenvalue weighted by Crippen LogP contribution is 2.23. The van der Waals surface area contributed by atoms with Crippen molar-refractivity contribution in [1.29, 1.82) is 0 Å². The molecule has 2 rings (SSSR count). The Balaban J connectivity index is 1.91. The molecule has 0 aromatic heterocycles. The van der Waals surface area contributed by atoms with Crippen LogP contribution in [0.4, 0.5) is 5.69 Å². The lowest BCUT2D eigenvalue weighted by Gasteiger charge is -2.20. The molecule has 0 atom stereocenters. The van der Waals surface area contributed by atoms with Crippen LogP contribution in [0.15, 0.2) is 47.4 Å². The number of hydrogen-bond donors (Lipinski definition) is 2. The van der Waals surface area contributed by atoms with E-state index in [9.17, 15) is 22.8 Å². The molecule has 0 bridgehead atoms. The summed E-state index contributed by atoms with van der Waals surface area (Å²) in [5.74, 6) is -1.84. The Morgan fingerprint density at radius 3 is 2.33 bits per heavy atom. The molecule has 2 amide bonds. The van der Waals surface area contributed by atoms with Crippen LogP contribution in [0.1, 0.15) is 35.3 Å². The van der Waals surface area contributed by atoms with Crippen LogP contribution in [0.3, 0.4) is 0 Å². The van der Waals surface area contributed by atoms with Gasteiger partial charge >= 0.3 is 5.97 Å². The van der Waals surface area contributed by atoms with Crippen LogP contribution in [0, 0.1) is 13.8 Å². The highest BCUT2D eigenvalue weighted by atomic mass is 32.2. The van der Waals surface area contributed by atoms with Gasteiger partial charge in [-0.05, 0) is 43.7 Å². The molecule has 10 heteroatoms. The van der Waals surface area contributed by atoms with E-state index in [2.05, 4.69) is 10.6 Å². The fourth-order valence-electron chi connectivity index (χ4n) is 3.09. The van der Waals surface area contributed by atoms with E-state index < -0.39 is 41.0 Å². The molecular formula is C23H29N3O6S. The number of amides is 2. The zero-order chi connectivity index (χ0) is 24.6. The molecule has 2 aromatic carbocycles. The summed E-state index contributed by atoms with van der Waals surface area (Å²) in [6.07, 6.45) is 0. The summed E-state index contributed by atoms with van der Waals surface area (Å²) >= 11 is 0. The Morgan fingerprint density at radius 2 is 1.70 bits per heavy atom. The lowest BCUT2D eigenvalue weighted by molar-refractivity contribution is -0.146. The molecule has 0 spiro atoms. The average Bonchev–Trinajstić information content (AvgIpc) is 2.77. The van der Waals surface area contributed by atoms with Crippen molar-refractivity contribution in [2.75, 3.05) is 31.6 Å². The zero-order valence-corrected chi connectivity index (χ0v) is 20.0. The lowest BCUT2D eigenvalue weighted by atomic mass is 10.1. The summed E-state index contributed by atoms with van der Waals surface area (Å²) < 4.78 is 31.9. The third kappa shape index (κ3) is 7.13. The second-order valence-electron chi connectivity index (χ2n) is 7.33. The normalized spacial score (nSPS) is 11.2. The quantitative estimate of drug-likeness (QED) is 0.508. The van der Waals surface area contributed by atoms with Crippen molar-refractivity contribution < 1.29 is 27.5 Å². The summed E-state index contributed by atoms with van der Waals surface area (Å²) in [6, 6.07) is 11.4. The van der Waals surface area contributed by atoms with Gasteiger partial charge in [0.1, 0.15) is 6.54 Å². The van der Waals surface area contributed by atoms with E-state index in [1.807, 2.05) is 13.0 Å². The number of anilines is 1. The first kappa shape index (κ1) is 26.0. The van der Waals surface area contributed by atoms with Crippen LogP contribution in [-0.4, -0.2) is 56.7 Å². The summed E-state index contributed by atoms with van der Waals surface area (Å²) in [5.41, 5.74) is 2.14. The van der Waals surface area contributed by atoms with Gasteiger partial charge in [0.15, 0.2) is 6.61 Å². The first-order valence-electron chi connectivity index (χ1n) is 10.5. The Hall–Kier alpha value is -3.24. The van der Waals surface area contributed by atoms with E-state index in [0.717, 1.165) is 5.56 Å². The van der Waals surface area contributed by atoms with Crippen LogP contribution in [0.2, 0.25) is 0 Å². The third-order valence-corrected chi connectivity index (χ3v) is 7.02. The predicted molar refractivity (Wildman–Crippen MR) is 124 cm³/mol. The first-order chi connectivity index (χ1) is 15.6. The van der Waals surface area contributed by atoms with Gasteiger partial charge < -0.3 is 15.4 Å². The van der Waals surface area contributed by atoms with Crippen molar-refractivity contribution in [1.82, 2.24) is 9.62 Å². The van der Waals surface area contributed by atoms with E-state index >= 15 is 0 Å². The van der Waals surface area contributed by atoms with Gasteiger partial charge in [0.25, 0.3) is 11.8 Å². The maximum absolute atomic E-state index is 12.8. The topological polar surface area (TPSA) is 122 Å². The average molecular weight is 476 g/mol. The summed E-state index contributed by atoms with van der Waals surface area (Å²) in [6.45, 7) is 6.70. The molecule has 0 fully saturated rings. The van der Waals surface area contributed by atoms with E-state index in [-0.39, 0.29) is 10.6 Å². The van der Waals surface area contributed by atoms with Crippen molar-refractivity contribution in [3.05, 3.63) is 59.2 Å². The van der Waals surface area contributed by atoms with Crippen LogP contribution < -0.4 is 10.6 Å². The molecule has 0 saturated carbocycles.